The molecule has 0 aliphatic heterocycles. The highest BCUT2D eigenvalue weighted by Gasteiger charge is 2.43. The molecule has 0 bridgehead atoms. The van der Waals surface area contributed by atoms with E-state index >= 15 is 0 Å². The van der Waals surface area contributed by atoms with Gasteiger partial charge in [-0.15, -0.1) is 0 Å². The third-order valence-corrected chi connectivity index (χ3v) is 3.12. The van der Waals surface area contributed by atoms with Crippen molar-refractivity contribution in [1.29, 1.82) is 0 Å². The highest BCUT2D eigenvalue weighted by atomic mass is 16.3. The number of aliphatic hydroxyl groups excluding tert-OH is 1. The lowest BCUT2D eigenvalue weighted by Crippen LogP contribution is -2.48. The van der Waals surface area contributed by atoms with E-state index in [1.165, 1.54) is 6.08 Å². The Balaban J connectivity index is 2.34. The van der Waals surface area contributed by atoms with Crippen molar-refractivity contribution in [3.05, 3.63) is 11.6 Å². The summed E-state index contributed by atoms with van der Waals surface area (Å²) in [6.45, 7) is 0. The van der Waals surface area contributed by atoms with Gasteiger partial charge in [-0.05, 0) is 37.3 Å². The molecule has 2 N–H and O–H groups in total. The fraction of sp³-hybridized carbons (Fsp3) is 0.700. The number of carbonyl (C=O) groups excluding carboxylic acids is 1. The molecule has 0 aromatic carbocycles. The van der Waals surface area contributed by atoms with Crippen molar-refractivity contribution in [3.8, 4) is 0 Å². The predicted octanol–water partition coefficient (Wildman–Crippen LogP) is 0.552. The van der Waals surface area contributed by atoms with Crippen LogP contribution in [0, 0.1) is 0 Å². The molecule has 13 heavy (non-hydrogen) atoms. The van der Waals surface area contributed by atoms with Crippen molar-refractivity contribution in [2.24, 2.45) is 0 Å². The molecule has 0 radical (unpaired) electrons. The topological polar surface area (TPSA) is 57.5 Å². The molecule has 2 aliphatic carbocycles. The number of hydrogen-bond donors (Lipinski definition) is 2. The number of fused-ring (bicyclic) bond motifs is 1. The molecule has 72 valence electrons. The Kier molecular flexibility index (Phi) is 2.00. The Labute approximate surface area is 77.1 Å². The van der Waals surface area contributed by atoms with Crippen molar-refractivity contribution in [2.45, 2.75) is 43.8 Å². The van der Waals surface area contributed by atoms with Crippen LogP contribution in [0.15, 0.2) is 11.6 Å². The van der Waals surface area contributed by atoms with Crippen LogP contribution in [0.25, 0.3) is 0 Å². The first kappa shape index (κ1) is 8.91. The average molecular weight is 182 g/mol. The summed E-state index contributed by atoms with van der Waals surface area (Å²) in [7, 11) is 0. The maximum atomic E-state index is 11.1. The second-order valence-electron chi connectivity index (χ2n) is 3.97. The number of rotatable bonds is 0. The minimum atomic E-state index is -1.09. The Bertz CT molecular complexity index is 269. The van der Waals surface area contributed by atoms with E-state index in [-0.39, 0.29) is 5.78 Å². The Hall–Kier alpha value is -0.670. The van der Waals surface area contributed by atoms with Crippen LogP contribution in [0.5, 0.6) is 0 Å². The standard InChI is InChI=1S/C10H14O3/c11-8-4-5-10(13)7(6-8)2-1-3-9(10)12/h6,9,12-13H,1-5H2/t9-,10+/m0/s1. The van der Waals surface area contributed by atoms with Crippen LogP contribution >= 0.6 is 0 Å². The zero-order chi connectivity index (χ0) is 9.47. The molecule has 3 heteroatoms. The molecule has 0 spiro atoms. The SMILES string of the molecule is O=C1C=C2CCC[C@H](O)[C@@]2(O)CC1. The molecule has 0 aromatic rings. The zero-order valence-electron chi connectivity index (χ0n) is 7.49. The fourth-order valence-electron chi connectivity index (χ4n) is 2.26. The first-order chi connectivity index (χ1) is 6.13. The number of allylic oxidation sites excluding steroid dienone is 1. The molecule has 2 rings (SSSR count). The molecule has 1 fully saturated rings. The summed E-state index contributed by atoms with van der Waals surface area (Å²) in [6.07, 6.45) is 3.84. The number of carbonyl (C=O) groups is 1. The van der Waals surface area contributed by atoms with E-state index in [4.69, 9.17) is 0 Å². The maximum Gasteiger partial charge on any atom is 0.155 e. The van der Waals surface area contributed by atoms with Gasteiger partial charge < -0.3 is 10.2 Å². The van der Waals surface area contributed by atoms with Gasteiger partial charge >= 0.3 is 0 Å². The monoisotopic (exact) mass is 182 g/mol. The van der Waals surface area contributed by atoms with Crippen molar-refractivity contribution < 1.29 is 15.0 Å². The highest BCUT2D eigenvalue weighted by Crippen LogP contribution is 2.39. The van der Waals surface area contributed by atoms with Gasteiger partial charge in [0.2, 0.25) is 0 Å². The third-order valence-electron chi connectivity index (χ3n) is 3.12. The molecule has 0 amide bonds. The summed E-state index contributed by atoms with van der Waals surface area (Å²) in [6, 6.07) is 0. The van der Waals surface area contributed by atoms with E-state index in [0.717, 1.165) is 18.4 Å². The van der Waals surface area contributed by atoms with Crippen molar-refractivity contribution >= 4 is 5.78 Å². The van der Waals surface area contributed by atoms with Crippen molar-refractivity contribution in [3.63, 3.8) is 0 Å². The van der Waals surface area contributed by atoms with Crippen molar-refractivity contribution in [1.82, 2.24) is 0 Å². The van der Waals surface area contributed by atoms with E-state index in [1.54, 1.807) is 0 Å². The molecular formula is C10H14O3. The molecule has 0 saturated heterocycles. The molecule has 3 nitrogen and oxygen atoms in total. The normalized spacial score (nSPS) is 39.7. The van der Waals surface area contributed by atoms with Gasteiger partial charge in [-0.1, -0.05) is 0 Å². The number of hydrogen-bond acceptors (Lipinski definition) is 3. The summed E-state index contributed by atoms with van der Waals surface area (Å²) in [4.78, 5) is 11.1. The second-order valence-corrected chi connectivity index (χ2v) is 3.97. The summed E-state index contributed by atoms with van der Waals surface area (Å²) in [5.74, 6) is 0.0776. The fourth-order valence-corrected chi connectivity index (χ4v) is 2.26. The molecular weight excluding hydrogens is 168 g/mol. The lowest BCUT2D eigenvalue weighted by Gasteiger charge is -2.41. The lowest BCUT2D eigenvalue weighted by molar-refractivity contribution is -0.120. The largest absolute Gasteiger partial charge is 0.390 e. The van der Waals surface area contributed by atoms with E-state index in [9.17, 15) is 15.0 Å². The van der Waals surface area contributed by atoms with Gasteiger partial charge in [0, 0.05) is 6.42 Å². The maximum absolute atomic E-state index is 11.1. The highest BCUT2D eigenvalue weighted by molar-refractivity contribution is 5.92. The number of aliphatic hydroxyl groups is 2. The van der Waals surface area contributed by atoms with E-state index in [1.807, 2.05) is 0 Å². The van der Waals surface area contributed by atoms with Crippen LogP contribution in [0.1, 0.15) is 32.1 Å². The molecule has 2 aliphatic rings. The van der Waals surface area contributed by atoms with Crippen LogP contribution in [-0.2, 0) is 4.79 Å². The quantitative estimate of drug-likeness (QED) is 0.575. The minimum Gasteiger partial charge on any atom is -0.390 e. The second kappa shape index (κ2) is 2.93. The summed E-state index contributed by atoms with van der Waals surface area (Å²) in [5, 5.41) is 19.8. The van der Waals surface area contributed by atoms with Gasteiger partial charge in [-0.2, -0.15) is 0 Å². The first-order valence-corrected chi connectivity index (χ1v) is 4.77. The molecule has 0 heterocycles. The van der Waals surface area contributed by atoms with Crippen LogP contribution in [0.3, 0.4) is 0 Å². The molecule has 0 unspecified atom stereocenters. The van der Waals surface area contributed by atoms with Gasteiger partial charge in [-0.3, -0.25) is 4.79 Å². The Morgan fingerprint density at radius 1 is 1.46 bits per heavy atom. The summed E-state index contributed by atoms with van der Waals surface area (Å²) in [5.41, 5.74) is -0.353. The van der Waals surface area contributed by atoms with E-state index < -0.39 is 11.7 Å². The van der Waals surface area contributed by atoms with Gasteiger partial charge in [0.15, 0.2) is 5.78 Å². The zero-order valence-corrected chi connectivity index (χ0v) is 7.49. The van der Waals surface area contributed by atoms with Crippen molar-refractivity contribution in [2.75, 3.05) is 0 Å². The minimum absolute atomic E-state index is 0.0776. The molecule has 2 atom stereocenters. The van der Waals surface area contributed by atoms with Crippen LogP contribution in [-0.4, -0.2) is 27.7 Å². The van der Waals surface area contributed by atoms with Gasteiger partial charge in [0.05, 0.1) is 6.10 Å². The molecule has 0 aromatic heterocycles. The van der Waals surface area contributed by atoms with Crippen LogP contribution in [0.4, 0.5) is 0 Å². The summed E-state index contributed by atoms with van der Waals surface area (Å²) < 4.78 is 0. The van der Waals surface area contributed by atoms with Gasteiger partial charge in [0.1, 0.15) is 5.60 Å². The van der Waals surface area contributed by atoms with Gasteiger partial charge in [0.25, 0.3) is 0 Å². The van der Waals surface area contributed by atoms with E-state index in [0.29, 0.717) is 19.3 Å². The third kappa shape index (κ3) is 1.32. The van der Waals surface area contributed by atoms with Gasteiger partial charge in [-0.25, -0.2) is 0 Å². The molecule has 1 saturated carbocycles. The first-order valence-electron chi connectivity index (χ1n) is 4.77. The number of ketones is 1. The summed E-state index contributed by atoms with van der Waals surface area (Å²) >= 11 is 0. The smallest absolute Gasteiger partial charge is 0.155 e. The Morgan fingerprint density at radius 3 is 3.00 bits per heavy atom. The van der Waals surface area contributed by atoms with E-state index in [2.05, 4.69) is 0 Å². The van der Waals surface area contributed by atoms with Crippen LogP contribution < -0.4 is 0 Å². The Morgan fingerprint density at radius 2 is 2.23 bits per heavy atom. The average Bonchev–Trinajstić information content (AvgIpc) is 2.09. The predicted molar refractivity (Wildman–Crippen MR) is 47.1 cm³/mol. The van der Waals surface area contributed by atoms with Crippen LogP contribution in [0.2, 0.25) is 0 Å². The lowest BCUT2D eigenvalue weighted by atomic mass is 9.72.